The molecule has 164 valence electrons. The van der Waals surface area contributed by atoms with Crippen LogP contribution in [0.1, 0.15) is 5.56 Å². The van der Waals surface area contributed by atoms with Gasteiger partial charge in [0.2, 0.25) is 0 Å². The molecule has 2 aromatic carbocycles. The lowest BCUT2D eigenvalue weighted by molar-refractivity contribution is -0.142. The molecule has 0 saturated carbocycles. The molecule has 1 aliphatic rings. The van der Waals surface area contributed by atoms with E-state index in [0.717, 1.165) is 18.8 Å². The minimum Gasteiger partial charge on any atom is -0.497 e. The van der Waals surface area contributed by atoms with Crippen LogP contribution in [0.15, 0.2) is 48.5 Å². The summed E-state index contributed by atoms with van der Waals surface area (Å²) in [6.07, 6.45) is 2.80. The number of morpholine rings is 1. The lowest BCUT2D eigenvalue weighted by Crippen LogP contribution is -2.36. The minimum absolute atomic E-state index is 0.381. The molecule has 0 unspecified atom stereocenters. The van der Waals surface area contributed by atoms with Crippen molar-refractivity contribution in [2.24, 2.45) is 0 Å². The van der Waals surface area contributed by atoms with Gasteiger partial charge < -0.3 is 29.2 Å². The van der Waals surface area contributed by atoms with Crippen molar-refractivity contribution in [2.45, 2.75) is 0 Å². The molecule has 8 nitrogen and oxygen atoms in total. The van der Waals surface area contributed by atoms with Gasteiger partial charge in [-0.25, -0.2) is 4.79 Å². The van der Waals surface area contributed by atoms with Gasteiger partial charge in [0.25, 0.3) is 5.91 Å². The highest BCUT2D eigenvalue weighted by Crippen LogP contribution is 2.25. The topological polar surface area (TPSA) is 86.3 Å². The number of ether oxygens (including phenoxy) is 4. The number of hydrogen-bond donors (Lipinski definition) is 1. The molecule has 1 saturated heterocycles. The molecule has 1 heterocycles. The Balaban J connectivity index is 1.47. The third-order valence-electron chi connectivity index (χ3n) is 4.71. The monoisotopic (exact) mass is 426 g/mol. The Bertz CT molecular complexity index is 920. The number of nitrogens with zero attached hydrogens (tertiary/aromatic N) is 1. The van der Waals surface area contributed by atoms with Crippen molar-refractivity contribution in [1.82, 2.24) is 0 Å². The van der Waals surface area contributed by atoms with Gasteiger partial charge in [-0.1, -0.05) is 0 Å². The second-order valence-corrected chi connectivity index (χ2v) is 6.74. The van der Waals surface area contributed by atoms with Gasteiger partial charge in [-0.15, -0.1) is 0 Å². The maximum absolute atomic E-state index is 12.1. The van der Waals surface area contributed by atoms with Crippen LogP contribution in [0.5, 0.6) is 11.5 Å². The molecule has 8 heteroatoms. The zero-order valence-electron chi connectivity index (χ0n) is 17.6. The molecule has 2 aromatic rings. The molecule has 31 heavy (non-hydrogen) atoms. The summed E-state index contributed by atoms with van der Waals surface area (Å²) >= 11 is 0. The average Bonchev–Trinajstić information content (AvgIpc) is 2.82. The van der Waals surface area contributed by atoms with Crippen LogP contribution in [0.3, 0.4) is 0 Å². The number of hydrogen-bond acceptors (Lipinski definition) is 7. The lowest BCUT2D eigenvalue weighted by Gasteiger charge is -2.28. The van der Waals surface area contributed by atoms with E-state index in [9.17, 15) is 9.59 Å². The summed E-state index contributed by atoms with van der Waals surface area (Å²) in [5, 5.41) is 2.71. The predicted molar refractivity (Wildman–Crippen MR) is 118 cm³/mol. The van der Waals surface area contributed by atoms with E-state index in [-0.39, 0.29) is 6.61 Å². The van der Waals surface area contributed by atoms with E-state index in [4.69, 9.17) is 18.9 Å². The predicted octanol–water partition coefficient (Wildman–Crippen LogP) is 2.74. The highest BCUT2D eigenvalue weighted by Gasteiger charge is 2.11. The number of carbonyl (C=O) groups excluding carboxylic acids is 2. The van der Waals surface area contributed by atoms with Gasteiger partial charge in [0.1, 0.15) is 11.5 Å². The first-order valence-electron chi connectivity index (χ1n) is 9.88. The summed E-state index contributed by atoms with van der Waals surface area (Å²) in [6.45, 7) is 2.73. The molecule has 3 rings (SSSR count). The normalized spacial score (nSPS) is 13.7. The fourth-order valence-corrected chi connectivity index (χ4v) is 3.07. The van der Waals surface area contributed by atoms with Crippen LogP contribution < -0.4 is 19.7 Å². The Morgan fingerprint density at radius 3 is 2.48 bits per heavy atom. The number of amides is 1. The van der Waals surface area contributed by atoms with Gasteiger partial charge >= 0.3 is 5.97 Å². The molecular formula is C23H26N2O6. The number of methoxy groups -OCH3 is 2. The highest BCUT2D eigenvalue weighted by molar-refractivity contribution is 5.94. The fraction of sp³-hybridized carbons (Fsp3) is 0.304. The Kier molecular flexibility index (Phi) is 7.89. The number of anilines is 2. The van der Waals surface area contributed by atoms with Crippen molar-refractivity contribution >= 4 is 29.3 Å². The van der Waals surface area contributed by atoms with Gasteiger partial charge in [0, 0.05) is 42.2 Å². The number of esters is 1. The smallest absolute Gasteiger partial charge is 0.331 e. The van der Waals surface area contributed by atoms with E-state index in [1.54, 1.807) is 31.4 Å². The molecule has 1 amide bonds. The van der Waals surface area contributed by atoms with E-state index < -0.39 is 11.9 Å². The molecular weight excluding hydrogens is 400 g/mol. The van der Waals surface area contributed by atoms with Crippen molar-refractivity contribution in [1.29, 1.82) is 0 Å². The molecule has 0 spiro atoms. The zero-order valence-corrected chi connectivity index (χ0v) is 17.6. The summed E-state index contributed by atoms with van der Waals surface area (Å²) in [7, 11) is 3.09. The van der Waals surface area contributed by atoms with Gasteiger partial charge in [-0.05, 0) is 42.5 Å². The van der Waals surface area contributed by atoms with E-state index in [0.29, 0.717) is 36.0 Å². The third kappa shape index (κ3) is 6.48. The van der Waals surface area contributed by atoms with Crippen LogP contribution in [0.2, 0.25) is 0 Å². The van der Waals surface area contributed by atoms with Crippen LogP contribution in [0, 0.1) is 0 Å². The Morgan fingerprint density at radius 2 is 1.81 bits per heavy atom. The minimum atomic E-state index is -0.629. The van der Waals surface area contributed by atoms with Gasteiger partial charge in [0.05, 0.1) is 27.4 Å². The lowest BCUT2D eigenvalue weighted by atomic mass is 10.2. The molecule has 0 atom stereocenters. The van der Waals surface area contributed by atoms with Crippen molar-refractivity contribution < 1.29 is 28.5 Å². The van der Waals surface area contributed by atoms with Crippen LogP contribution in [0.25, 0.3) is 6.08 Å². The first-order valence-corrected chi connectivity index (χ1v) is 9.88. The van der Waals surface area contributed by atoms with Gasteiger partial charge in [-0.3, -0.25) is 4.79 Å². The number of rotatable bonds is 8. The Labute approximate surface area is 181 Å². The molecule has 0 radical (unpaired) electrons. The largest absolute Gasteiger partial charge is 0.497 e. The average molecular weight is 426 g/mol. The van der Waals surface area contributed by atoms with E-state index in [2.05, 4.69) is 10.2 Å². The molecule has 0 aliphatic carbocycles. The number of nitrogens with one attached hydrogen (secondary N) is 1. The molecule has 1 aliphatic heterocycles. The Morgan fingerprint density at radius 1 is 1.06 bits per heavy atom. The van der Waals surface area contributed by atoms with E-state index in [1.807, 2.05) is 24.3 Å². The quantitative estimate of drug-likeness (QED) is 0.513. The second kappa shape index (κ2) is 11.0. The van der Waals surface area contributed by atoms with Crippen LogP contribution in [-0.2, 0) is 19.1 Å². The highest BCUT2D eigenvalue weighted by atomic mass is 16.5. The van der Waals surface area contributed by atoms with Crippen molar-refractivity contribution in [2.75, 3.05) is 57.3 Å². The molecule has 1 fully saturated rings. The molecule has 0 aromatic heterocycles. The van der Waals surface area contributed by atoms with E-state index in [1.165, 1.54) is 13.2 Å². The fourth-order valence-electron chi connectivity index (χ4n) is 3.07. The standard InChI is InChI=1S/C23H26N2O6/c1-28-20-9-3-17(21(15-20)29-2)4-10-23(27)31-16-22(26)24-18-5-7-19(8-6-18)25-11-13-30-14-12-25/h3-10,15H,11-14,16H2,1-2H3,(H,24,26)/b10-4+. The second-order valence-electron chi connectivity index (χ2n) is 6.74. The number of carbonyl (C=O) groups is 2. The maximum Gasteiger partial charge on any atom is 0.331 e. The van der Waals surface area contributed by atoms with Crippen molar-refractivity contribution in [3.63, 3.8) is 0 Å². The van der Waals surface area contributed by atoms with Crippen molar-refractivity contribution in [3.8, 4) is 11.5 Å². The van der Waals surface area contributed by atoms with Gasteiger partial charge in [0.15, 0.2) is 6.61 Å². The van der Waals surface area contributed by atoms with Crippen molar-refractivity contribution in [3.05, 3.63) is 54.1 Å². The summed E-state index contributed by atoms with van der Waals surface area (Å²) in [4.78, 5) is 26.2. The van der Waals surface area contributed by atoms with Crippen LogP contribution in [0.4, 0.5) is 11.4 Å². The maximum atomic E-state index is 12.1. The first kappa shape index (κ1) is 22.2. The van der Waals surface area contributed by atoms with Crippen LogP contribution in [-0.4, -0.2) is 59.0 Å². The van der Waals surface area contributed by atoms with Crippen LogP contribution >= 0.6 is 0 Å². The summed E-state index contributed by atoms with van der Waals surface area (Å²) < 4.78 is 20.8. The van der Waals surface area contributed by atoms with E-state index >= 15 is 0 Å². The summed E-state index contributed by atoms with van der Waals surface area (Å²) in [5.74, 6) is 0.159. The zero-order chi connectivity index (χ0) is 22.1. The first-order chi connectivity index (χ1) is 15.1. The summed E-state index contributed by atoms with van der Waals surface area (Å²) in [6, 6.07) is 12.7. The SMILES string of the molecule is COc1ccc(/C=C/C(=O)OCC(=O)Nc2ccc(N3CCOCC3)cc2)c(OC)c1. The van der Waals surface area contributed by atoms with Gasteiger partial charge in [-0.2, -0.15) is 0 Å². The molecule has 0 bridgehead atoms. The summed E-state index contributed by atoms with van der Waals surface area (Å²) in [5.41, 5.74) is 2.40. The third-order valence-corrected chi connectivity index (χ3v) is 4.71. The molecule has 1 N–H and O–H groups in total. The Hall–Kier alpha value is -3.52. The number of benzene rings is 2.